The van der Waals surface area contributed by atoms with Gasteiger partial charge in [0.25, 0.3) is 0 Å². The van der Waals surface area contributed by atoms with Crippen LogP contribution in [-0.2, 0) is 9.53 Å². The van der Waals surface area contributed by atoms with Gasteiger partial charge in [-0.1, -0.05) is 30.3 Å². The van der Waals surface area contributed by atoms with Crippen LogP contribution in [0.5, 0.6) is 5.75 Å². The molecule has 2 aromatic carbocycles. The highest BCUT2D eigenvalue weighted by Crippen LogP contribution is 2.29. The monoisotopic (exact) mass is 350 g/mol. The van der Waals surface area contributed by atoms with Crippen LogP contribution in [-0.4, -0.2) is 18.7 Å². The minimum atomic E-state index is -0.500. The first-order valence-electron chi connectivity index (χ1n) is 8.59. The van der Waals surface area contributed by atoms with Crippen LogP contribution in [0.1, 0.15) is 18.4 Å². The average molecular weight is 350 g/mol. The molecule has 2 heterocycles. The van der Waals surface area contributed by atoms with Crippen molar-refractivity contribution >= 4 is 16.9 Å². The first kappa shape index (κ1) is 16.5. The third kappa shape index (κ3) is 3.02. The Balaban J connectivity index is 1.75. The van der Waals surface area contributed by atoms with E-state index in [0.717, 1.165) is 22.9 Å². The summed E-state index contributed by atoms with van der Waals surface area (Å²) in [6.07, 6.45) is 1.04. The fraction of sp³-hybridized carbons (Fsp3) is 0.238. The van der Waals surface area contributed by atoms with Crippen molar-refractivity contribution in [3.63, 3.8) is 0 Å². The van der Waals surface area contributed by atoms with Gasteiger partial charge >= 0.3 is 11.6 Å². The Morgan fingerprint density at radius 2 is 1.96 bits per heavy atom. The van der Waals surface area contributed by atoms with Gasteiger partial charge < -0.3 is 13.9 Å². The molecule has 1 saturated heterocycles. The maximum Gasteiger partial charge on any atom is 0.344 e. The summed E-state index contributed by atoms with van der Waals surface area (Å²) < 4.78 is 16.3. The Kier molecular flexibility index (Phi) is 4.31. The molecular formula is C21H18O5. The second-order valence-corrected chi connectivity index (χ2v) is 6.34. The van der Waals surface area contributed by atoms with Crippen LogP contribution in [0.2, 0.25) is 0 Å². The maximum atomic E-state index is 12.4. The Bertz CT molecular complexity index is 1010. The smallest absolute Gasteiger partial charge is 0.344 e. The van der Waals surface area contributed by atoms with Crippen molar-refractivity contribution in [3.05, 3.63) is 64.5 Å². The fourth-order valence-corrected chi connectivity index (χ4v) is 3.28. The van der Waals surface area contributed by atoms with Gasteiger partial charge in [-0.25, -0.2) is 9.59 Å². The van der Waals surface area contributed by atoms with E-state index in [9.17, 15) is 9.59 Å². The molecule has 5 nitrogen and oxygen atoms in total. The zero-order valence-corrected chi connectivity index (χ0v) is 14.4. The first-order valence-corrected chi connectivity index (χ1v) is 8.59. The summed E-state index contributed by atoms with van der Waals surface area (Å²) in [4.78, 5) is 24.6. The number of benzene rings is 2. The van der Waals surface area contributed by atoms with Crippen molar-refractivity contribution in [1.29, 1.82) is 0 Å². The third-order valence-corrected chi connectivity index (χ3v) is 4.61. The zero-order chi connectivity index (χ0) is 18.1. The molecular weight excluding hydrogens is 332 g/mol. The molecule has 0 aliphatic carbocycles. The van der Waals surface area contributed by atoms with Crippen molar-refractivity contribution in [1.82, 2.24) is 0 Å². The van der Waals surface area contributed by atoms with Crippen molar-refractivity contribution in [3.8, 4) is 16.9 Å². The summed E-state index contributed by atoms with van der Waals surface area (Å²) in [5, 5.41) is 0.737. The van der Waals surface area contributed by atoms with Crippen molar-refractivity contribution in [2.75, 3.05) is 6.61 Å². The van der Waals surface area contributed by atoms with Crippen molar-refractivity contribution < 1.29 is 18.7 Å². The van der Waals surface area contributed by atoms with Crippen molar-refractivity contribution in [2.45, 2.75) is 25.9 Å². The fourth-order valence-electron chi connectivity index (χ4n) is 3.28. The minimum Gasteiger partial charge on any atom is -0.425 e. The summed E-state index contributed by atoms with van der Waals surface area (Å²) in [7, 11) is 0. The average Bonchev–Trinajstić information content (AvgIpc) is 3.18. The van der Waals surface area contributed by atoms with E-state index < -0.39 is 6.10 Å². The molecule has 1 unspecified atom stereocenters. The SMILES string of the molecule is Cc1c(-c2ccccc2)c(=O)oc2ccc(OC(=O)C3CCCO3)cc12. The van der Waals surface area contributed by atoms with E-state index in [0.29, 0.717) is 29.9 Å². The number of carbonyl (C=O) groups is 1. The second-order valence-electron chi connectivity index (χ2n) is 6.34. The van der Waals surface area contributed by atoms with Gasteiger partial charge in [-0.2, -0.15) is 0 Å². The first-order chi connectivity index (χ1) is 12.6. The van der Waals surface area contributed by atoms with E-state index >= 15 is 0 Å². The Hall–Kier alpha value is -2.92. The summed E-state index contributed by atoms with van der Waals surface area (Å²) in [6.45, 7) is 2.45. The lowest BCUT2D eigenvalue weighted by atomic mass is 9.99. The molecule has 0 N–H and O–H groups in total. The van der Waals surface area contributed by atoms with Crippen LogP contribution in [0.15, 0.2) is 57.7 Å². The van der Waals surface area contributed by atoms with E-state index in [1.165, 1.54) is 0 Å². The van der Waals surface area contributed by atoms with Gasteiger partial charge in [0, 0.05) is 12.0 Å². The lowest BCUT2D eigenvalue weighted by Gasteiger charge is -2.11. The van der Waals surface area contributed by atoms with Gasteiger partial charge in [0.05, 0.1) is 5.56 Å². The predicted octanol–water partition coefficient (Wildman–Crippen LogP) is 3.85. The number of rotatable bonds is 3. The summed E-state index contributed by atoms with van der Waals surface area (Å²) in [5.41, 5.74) is 2.18. The highest BCUT2D eigenvalue weighted by molar-refractivity contribution is 5.88. The highest BCUT2D eigenvalue weighted by atomic mass is 16.6. The molecule has 0 spiro atoms. The lowest BCUT2D eigenvalue weighted by molar-refractivity contribution is -0.144. The quantitative estimate of drug-likeness (QED) is 0.408. The normalized spacial score (nSPS) is 16.7. The molecule has 0 saturated carbocycles. The Morgan fingerprint density at radius 1 is 1.15 bits per heavy atom. The van der Waals surface area contributed by atoms with Gasteiger partial charge in [0.15, 0.2) is 6.10 Å². The molecule has 1 aliphatic heterocycles. The summed E-state index contributed by atoms with van der Waals surface area (Å²) >= 11 is 0. The van der Waals surface area contributed by atoms with Gasteiger partial charge in [0.1, 0.15) is 11.3 Å². The zero-order valence-electron chi connectivity index (χ0n) is 14.4. The highest BCUT2D eigenvalue weighted by Gasteiger charge is 2.25. The number of hydrogen-bond acceptors (Lipinski definition) is 5. The molecule has 1 aromatic heterocycles. The molecule has 0 radical (unpaired) electrons. The molecule has 1 atom stereocenters. The molecule has 4 rings (SSSR count). The molecule has 0 bridgehead atoms. The van der Waals surface area contributed by atoms with Gasteiger partial charge in [0.2, 0.25) is 0 Å². The van der Waals surface area contributed by atoms with E-state index in [4.69, 9.17) is 13.9 Å². The number of fused-ring (bicyclic) bond motifs is 1. The molecule has 5 heteroatoms. The third-order valence-electron chi connectivity index (χ3n) is 4.61. The maximum absolute atomic E-state index is 12.4. The molecule has 26 heavy (non-hydrogen) atoms. The van der Waals surface area contributed by atoms with Crippen LogP contribution >= 0.6 is 0 Å². The molecule has 0 amide bonds. The van der Waals surface area contributed by atoms with E-state index in [1.807, 2.05) is 37.3 Å². The van der Waals surface area contributed by atoms with E-state index in [-0.39, 0.29) is 11.6 Å². The van der Waals surface area contributed by atoms with Crippen LogP contribution in [0.25, 0.3) is 22.1 Å². The van der Waals surface area contributed by atoms with Crippen LogP contribution in [0.4, 0.5) is 0 Å². The molecule has 1 aliphatic rings. The second kappa shape index (κ2) is 6.77. The van der Waals surface area contributed by atoms with Gasteiger partial charge in [-0.05, 0) is 49.1 Å². The number of ether oxygens (including phenoxy) is 2. The Labute approximate surface area is 150 Å². The van der Waals surface area contributed by atoms with E-state index in [2.05, 4.69) is 0 Å². The summed E-state index contributed by atoms with van der Waals surface area (Å²) in [5.74, 6) is 0.0223. The van der Waals surface area contributed by atoms with Crippen LogP contribution < -0.4 is 10.4 Å². The number of esters is 1. The van der Waals surface area contributed by atoms with Gasteiger partial charge in [-0.15, -0.1) is 0 Å². The summed E-state index contributed by atoms with van der Waals surface area (Å²) in [6, 6.07) is 14.4. The molecule has 3 aromatic rings. The standard InChI is InChI=1S/C21H18O5/c1-13-16-12-15(25-20(22)18-8-5-11-24-18)9-10-17(16)26-21(23)19(13)14-6-3-2-4-7-14/h2-4,6-7,9-10,12,18H,5,8,11H2,1H3. The number of aryl methyl sites for hydroxylation is 1. The largest absolute Gasteiger partial charge is 0.425 e. The topological polar surface area (TPSA) is 65.7 Å². The van der Waals surface area contributed by atoms with Crippen LogP contribution in [0, 0.1) is 6.92 Å². The van der Waals surface area contributed by atoms with Gasteiger partial charge in [-0.3, -0.25) is 0 Å². The Morgan fingerprint density at radius 3 is 2.69 bits per heavy atom. The predicted molar refractivity (Wildman–Crippen MR) is 97.3 cm³/mol. The number of carbonyl (C=O) groups excluding carboxylic acids is 1. The molecule has 132 valence electrons. The number of hydrogen-bond donors (Lipinski definition) is 0. The lowest BCUT2D eigenvalue weighted by Crippen LogP contribution is -2.24. The van der Waals surface area contributed by atoms with E-state index in [1.54, 1.807) is 18.2 Å². The van der Waals surface area contributed by atoms with Crippen LogP contribution in [0.3, 0.4) is 0 Å². The van der Waals surface area contributed by atoms with Crippen molar-refractivity contribution in [2.24, 2.45) is 0 Å². The molecule has 1 fully saturated rings. The minimum absolute atomic E-state index is 0.384.